The van der Waals surface area contributed by atoms with Crippen molar-refractivity contribution >= 4 is 35.0 Å². The van der Waals surface area contributed by atoms with Crippen LogP contribution in [0.3, 0.4) is 0 Å². The lowest BCUT2D eigenvalue weighted by Crippen LogP contribution is -2.31. The number of benzene rings is 2. The van der Waals surface area contributed by atoms with Crippen LogP contribution >= 0.6 is 12.2 Å². The van der Waals surface area contributed by atoms with Gasteiger partial charge in [-0.15, -0.1) is 0 Å². The van der Waals surface area contributed by atoms with Crippen LogP contribution in [-0.4, -0.2) is 11.0 Å². The van der Waals surface area contributed by atoms with Crippen LogP contribution in [0.4, 0.5) is 5.69 Å². The number of anilines is 1. The molecule has 1 fully saturated rings. The molecule has 1 aliphatic rings. The van der Waals surface area contributed by atoms with E-state index >= 15 is 0 Å². The van der Waals surface area contributed by atoms with Gasteiger partial charge in [-0.3, -0.25) is 9.69 Å². The Hall–Kier alpha value is -2.46. The van der Waals surface area contributed by atoms with Gasteiger partial charge >= 0.3 is 0 Å². The lowest BCUT2D eigenvalue weighted by molar-refractivity contribution is -0.113. The summed E-state index contributed by atoms with van der Waals surface area (Å²) in [4.78, 5) is 14.5. The van der Waals surface area contributed by atoms with E-state index in [4.69, 9.17) is 12.2 Å². The van der Waals surface area contributed by atoms with E-state index in [-0.39, 0.29) is 5.91 Å². The standard InChI is InChI=1S/C20H20N2OS/c1-12-8-9-16(15(4)10-12)11-17-19(23)22(20(24)21-17)18-13(2)6-5-7-14(18)3/h5-11H,1-4H3,(H,21,24)/b17-11-. The SMILES string of the molecule is Cc1ccc(/C=C2\NC(=S)N(c3c(C)cccc3C)C2=O)c(C)c1. The van der Waals surface area contributed by atoms with Gasteiger partial charge in [-0.25, -0.2) is 0 Å². The average molecular weight is 336 g/mol. The fraction of sp³-hybridized carbons (Fsp3) is 0.200. The Morgan fingerprint density at radius 2 is 1.67 bits per heavy atom. The predicted molar refractivity (Wildman–Crippen MR) is 103 cm³/mol. The third-order valence-corrected chi connectivity index (χ3v) is 4.55. The van der Waals surface area contributed by atoms with Crippen LogP contribution in [-0.2, 0) is 4.79 Å². The maximum absolute atomic E-state index is 12.9. The van der Waals surface area contributed by atoms with Crippen molar-refractivity contribution in [2.45, 2.75) is 27.7 Å². The highest BCUT2D eigenvalue weighted by molar-refractivity contribution is 7.80. The first-order valence-corrected chi connectivity index (χ1v) is 8.30. The third-order valence-electron chi connectivity index (χ3n) is 4.27. The highest BCUT2D eigenvalue weighted by atomic mass is 32.1. The molecule has 0 atom stereocenters. The fourth-order valence-electron chi connectivity index (χ4n) is 3.04. The van der Waals surface area contributed by atoms with E-state index in [1.807, 2.05) is 57.2 Å². The highest BCUT2D eigenvalue weighted by Gasteiger charge is 2.33. The number of aryl methyl sites for hydroxylation is 4. The minimum absolute atomic E-state index is 0.114. The van der Waals surface area contributed by atoms with E-state index in [0.29, 0.717) is 10.8 Å². The van der Waals surface area contributed by atoms with Gasteiger partial charge in [-0.1, -0.05) is 42.0 Å². The van der Waals surface area contributed by atoms with Crippen molar-refractivity contribution in [3.63, 3.8) is 0 Å². The van der Waals surface area contributed by atoms with Crippen LogP contribution in [0.5, 0.6) is 0 Å². The average Bonchev–Trinajstić information content (AvgIpc) is 2.77. The van der Waals surface area contributed by atoms with Gasteiger partial charge in [0.2, 0.25) is 0 Å². The zero-order valence-corrected chi connectivity index (χ0v) is 15.1. The Balaban J connectivity index is 2.02. The van der Waals surface area contributed by atoms with Crippen LogP contribution in [0, 0.1) is 27.7 Å². The number of nitrogens with one attached hydrogen (secondary N) is 1. The minimum Gasteiger partial charge on any atom is -0.327 e. The van der Waals surface area contributed by atoms with Crippen LogP contribution in [0.2, 0.25) is 0 Å². The lowest BCUT2D eigenvalue weighted by Gasteiger charge is -2.19. The number of carbonyl (C=O) groups excluding carboxylic acids is 1. The summed E-state index contributed by atoms with van der Waals surface area (Å²) in [5, 5.41) is 3.49. The maximum Gasteiger partial charge on any atom is 0.281 e. The van der Waals surface area contributed by atoms with Gasteiger partial charge in [0.25, 0.3) is 5.91 Å². The van der Waals surface area contributed by atoms with E-state index in [2.05, 4.69) is 18.3 Å². The molecular formula is C20H20N2OS. The first-order chi connectivity index (χ1) is 11.4. The number of thiocarbonyl (C=S) groups is 1. The summed E-state index contributed by atoms with van der Waals surface area (Å²) in [6.07, 6.45) is 1.87. The molecule has 0 saturated carbocycles. The molecule has 24 heavy (non-hydrogen) atoms. The molecule has 0 bridgehead atoms. The molecule has 0 radical (unpaired) electrons. The molecule has 1 saturated heterocycles. The zero-order valence-electron chi connectivity index (χ0n) is 14.3. The molecule has 0 aliphatic carbocycles. The van der Waals surface area contributed by atoms with E-state index in [9.17, 15) is 4.79 Å². The van der Waals surface area contributed by atoms with Gasteiger partial charge in [0, 0.05) is 0 Å². The summed E-state index contributed by atoms with van der Waals surface area (Å²) in [6, 6.07) is 12.1. The maximum atomic E-state index is 12.9. The van der Waals surface area contributed by atoms with Gasteiger partial charge in [0.05, 0.1) is 5.69 Å². The molecule has 0 unspecified atom stereocenters. The summed E-state index contributed by atoms with van der Waals surface area (Å²) >= 11 is 5.42. The Morgan fingerprint density at radius 3 is 2.29 bits per heavy atom. The van der Waals surface area contributed by atoms with Crippen molar-refractivity contribution < 1.29 is 4.79 Å². The van der Waals surface area contributed by atoms with E-state index in [1.54, 1.807) is 4.90 Å². The molecule has 1 N–H and O–H groups in total. The van der Waals surface area contributed by atoms with Crippen molar-refractivity contribution in [2.24, 2.45) is 0 Å². The van der Waals surface area contributed by atoms with Gasteiger partial charge in [0.15, 0.2) is 5.11 Å². The highest BCUT2D eigenvalue weighted by Crippen LogP contribution is 2.29. The number of hydrogen-bond donors (Lipinski definition) is 1. The molecule has 0 spiro atoms. The summed E-state index contributed by atoms with van der Waals surface area (Å²) in [5.74, 6) is -0.114. The topological polar surface area (TPSA) is 32.3 Å². The molecular weight excluding hydrogens is 316 g/mol. The number of hydrogen-bond acceptors (Lipinski definition) is 2. The second-order valence-corrected chi connectivity index (χ2v) is 6.62. The third kappa shape index (κ3) is 2.85. The molecule has 1 aliphatic heterocycles. The van der Waals surface area contributed by atoms with Crippen LogP contribution < -0.4 is 10.2 Å². The van der Waals surface area contributed by atoms with Gasteiger partial charge in [-0.05, 0) is 68.2 Å². The molecule has 122 valence electrons. The lowest BCUT2D eigenvalue weighted by atomic mass is 10.0. The monoisotopic (exact) mass is 336 g/mol. The second-order valence-electron chi connectivity index (χ2n) is 6.23. The normalized spacial score (nSPS) is 16.0. The molecule has 2 aromatic rings. The minimum atomic E-state index is -0.114. The van der Waals surface area contributed by atoms with Crippen LogP contribution in [0.1, 0.15) is 27.8 Å². The first kappa shape index (κ1) is 16.4. The Labute approximate surface area is 148 Å². The summed E-state index contributed by atoms with van der Waals surface area (Å²) < 4.78 is 0. The Kier molecular flexibility index (Phi) is 4.24. The largest absolute Gasteiger partial charge is 0.327 e. The second kappa shape index (κ2) is 6.21. The molecule has 1 heterocycles. The number of carbonyl (C=O) groups is 1. The molecule has 3 rings (SSSR count). The predicted octanol–water partition coefficient (Wildman–Crippen LogP) is 4.18. The fourth-order valence-corrected chi connectivity index (χ4v) is 3.32. The van der Waals surface area contributed by atoms with Gasteiger partial charge in [-0.2, -0.15) is 0 Å². The molecule has 4 heteroatoms. The van der Waals surface area contributed by atoms with Crippen LogP contribution in [0.15, 0.2) is 42.1 Å². The molecule has 0 aromatic heterocycles. The van der Waals surface area contributed by atoms with Crippen molar-refractivity contribution in [1.29, 1.82) is 0 Å². The quantitative estimate of drug-likeness (QED) is 0.659. The molecule has 3 nitrogen and oxygen atoms in total. The number of rotatable bonds is 2. The van der Waals surface area contributed by atoms with Gasteiger partial charge < -0.3 is 5.32 Å². The van der Waals surface area contributed by atoms with E-state index in [1.165, 1.54) is 5.56 Å². The molecule has 2 aromatic carbocycles. The van der Waals surface area contributed by atoms with Crippen molar-refractivity contribution in [3.05, 3.63) is 69.9 Å². The van der Waals surface area contributed by atoms with Gasteiger partial charge in [0.1, 0.15) is 5.70 Å². The summed E-state index contributed by atoms with van der Waals surface area (Å²) in [6.45, 7) is 8.08. The summed E-state index contributed by atoms with van der Waals surface area (Å²) in [5.41, 5.74) is 6.78. The van der Waals surface area contributed by atoms with Crippen molar-refractivity contribution in [2.75, 3.05) is 4.90 Å². The Bertz CT molecular complexity index is 863. The Morgan fingerprint density at radius 1 is 1.00 bits per heavy atom. The number of nitrogens with zero attached hydrogens (tertiary/aromatic N) is 1. The number of para-hydroxylation sites is 1. The number of amides is 1. The zero-order chi connectivity index (χ0) is 17.4. The smallest absolute Gasteiger partial charge is 0.281 e. The first-order valence-electron chi connectivity index (χ1n) is 7.89. The van der Waals surface area contributed by atoms with Crippen molar-refractivity contribution in [3.8, 4) is 0 Å². The van der Waals surface area contributed by atoms with Crippen LogP contribution in [0.25, 0.3) is 6.08 Å². The van der Waals surface area contributed by atoms with E-state index in [0.717, 1.165) is 27.9 Å². The van der Waals surface area contributed by atoms with E-state index < -0.39 is 0 Å². The molecule has 1 amide bonds. The summed E-state index contributed by atoms with van der Waals surface area (Å²) in [7, 11) is 0. The van der Waals surface area contributed by atoms with Crippen molar-refractivity contribution in [1.82, 2.24) is 5.32 Å².